The smallest absolute Gasteiger partial charge is 0.148 e. The minimum atomic E-state index is -2.88. The van der Waals surface area contributed by atoms with E-state index in [1.807, 2.05) is 18.2 Å². The Bertz CT molecular complexity index is 483. The van der Waals surface area contributed by atoms with Crippen molar-refractivity contribution in [2.75, 3.05) is 31.7 Å². The van der Waals surface area contributed by atoms with Gasteiger partial charge in [-0.2, -0.15) is 0 Å². The minimum Gasteiger partial charge on any atom is -0.492 e. The van der Waals surface area contributed by atoms with Crippen LogP contribution in [0, 0.1) is 0 Å². The fourth-order valence-electron chi connectivity index (χ4n) is 1.59. The summed E-state index contributed by atoms with van der Waals surface area (Å²) in [6.07, 6.45) is 1.24. The first-order valence-electron chi connectivity index (χ1n) is 6.49. The summed E-state index contributed by atoms with van der Waals surface area (Å²) in [5.74, 6) is 1.50. The summed E-state index contributed by atoms with van der Waals surface area (Å²) >= 11 is 0. The average molecular weight is 285 g/mol. The molecule has 0 aliphatic heterocycles. The molecule has 108 valence electrons. The van der Waals surface area contributed by atoms with Gasteiger partial charge in [0.1, 0.15) is 22.2 Å². The number of rotatable bonds is 8. The van der Waals surface area contributed by atoms with Crippen molar-refractivity contribution in [1.82, 2.24) is 5.32 Å². The SMILES string of the molecule is CC(C)c1cccc(OCCNCCS(C)(=O)=O)c1. The van der Waals surface area contributed by atoms with Gasteiger partial charge in [0, 0.05) is 19.3 Å². The lowest BCUT2D eigenvalue weighted by atomic mass is 10.0. The monoisotopic (exact) mass is 285 g/mol. The third kappa shape index (κ3) is 7.18. The first kappa shape index (κ1) is 16.0. The molecule has 1 aromatic rings. The zero-order valence-corrected chi connectivity index (χ0v) is 12.7. The highest BCUT2D eigenvalue weighted by Gasteiger charge is 2.02. The molecule has 1 N–H and O–H groups in total. The van der Waals surface area contributed by atoms with Crippen LogP contribution in [-0.2, 0) is 9.84 Å². The quantitative estimate of drug-likeness (QED) is 0.740. The lowest BCUT2D eigenvalue weighted by Crippen LogP contribution is -2.26. The fourth-order valence-corrected chi connectivity index (χ4v) is 2.10. The molecule has 0 aliphatic carbocycles. The van der Waals surface area contributed by atoms with Crippen molar-refractivity contribution < 1.29 is 13.2 Å². The first-order valence-corrected chi connectivity index (χ1v) is 8.56. The van der Waals surface area contributed by atoms with E-state index in [1.54, 1.807) is 0 Å². The summed E-state index contributed by atoms with van der Waals surface area (Å²) in [5.41, 5.74) is 1.25. The first-order chi connectivity index (χ1) is 8.88. The van der Waals surface area contributed by atoms with Gasteiger partial charge in [-0.1, -0.05) is 26.0 Å². The zero-order valence-electron chi connectivity index (χ0n) is 11.8. The molecule has 19 heavy (non-hydrogen) atoms. The fraction of sp³-hybridized carbons (Fsp3) is 0.571. The number of sulfone groups is 1. The van der Waals surface area contributed by atoms with Crippen LogP contribution in [0.4, 0.5) is 0 Å². The maximum Gasteiger partial charge on any atom is 0.148 e. The molecule has 0 spiro atoms. The van der Waals surface area contributed by atoms with Crippen LogP contribution in [0.15, 0.2) is 24.3 Å². The van der Waals surface area contributed by atoms with Crippen LogP contribution in [0.2, 0.25) is 0 Å². The van der Waals surface area contributed by atoms with Gasteiger partial charge in [-0.3, -0.25) is 0 Å². The molecule has 0 saturated carbocycles. The molecule has 1 aromatic carbocycles. The van der Waals surface area contributed by atoms with E-state index in [4.69, 9.17) is 4.74 Å². The van der Waals surface area contributed by atoms with Gasteiger partial charge in [0.15, 0.2) is 0 Å². The van der Waals surface area contributed by atoms with Crippen molar-refractivity contribution >= 4 is 9.84 Å². The van der Waals surface area contributed by atoms with Crippen LogP contribution in [0.3, 0.4) is 0 Å². The van der Waals surface area contributed by atoms with E-state index in [2.05, 4.69) is 25.2 Å². The Morgan fingerprint density at radius 3 is 2.63 bits per heavy atom. The zero-order chi connectivity index (χ0) is 14.3. The Hall–Kier alpha value is -1.07. The van der Waals surface area contributed by atoms with Crippen molar-refractivity contribution in [2.24, 2.45) is 0 Å². The van der Waals surface area contributed by atoms with E-state index in [1.165, 1.54) is 11.8 Å². The largest absolute Gasteiger partial charge is 0.492 e. The van der Waals surface area contributed by atoms with E-state index in [9.17, 15) is 8.42 Å². The van der Waals surface area contributed by atoms with Gasteiger partial charge < -0.3 is 10.1 Å². The highest BCUT2D eigenvalue weighted by Crippen LogP contribution is 2.19. The summed E-state index contributed by atoms with van der Waals surface area (Å²) in [4.78, 5) is 0. The Kier molecular flexibility index (Phi) is 6.31. The normalized spacial score (nSPS) is 11.8. The van der Waals surface area contributed by atoms with Gasteiger partial charge >= 0.3 is 0 Å². The molecule has 5 heteroatoms. The average Bonchev–Trinajstić information content (AvgIpc) is 2.32. The topological polar surface area (TPSA) is 55.4 Å². The van der Waals surface area contributed by atoms with E-state index in [0.29, 0.717) is 25.6 Å². The van der Waals surface area contributed by atoms with Gasteiger partial charge in [-0.25, -0.2) is 8.42 Å². The Morgan fingerprint density at radius 1 is 1.26 bits per heavy atom. The molecule has 0 heterocycles. The molecule has 0 bridgehead atoms. The molecule has 1 rings (SSSR count). The third-order valence-electron chi connectivity index (χ3n) is 2.72. The van der Waals surface area contributed by atoms with Crippen LogP contribution < -0.4 is 10.1 Å². The molecule has 0 amide bonds. The lowest BCUT2D eigenvalue weighted by Gasteiger charge is -2.10. The number of ether oxygens (including phenoxy) is 1. The summed E-state index contributed by atoms with van der Waals surface area (Å²) < 4.78 is 27.4. The van der Waals surface area contributed by atoms with Gasteiger partial charge in [0.05, 0.1) is 5.75 Å². The summed E-state index contributed by atoms with van der Waals surface area (Å²) in [7, 11) is -2.88. The molecule has 0 aliphatic rings. The highest BCUT2D eigenvalue weighted by atomic mass is 32.2. The van der Waals surface area contributed by atoms with Crippen molar-refractivity contribution in [2.45, 2.75) is 19.8 Å². The Balaban J connectivity index is 2.24. The van der Waals surface area contributed by atoms with E-state index < -0.39 is 9.84 Å². The number of nitrogens with one attached hydrogen (secondary N) is 1. The molecular weight excluding hydrogens is 262 g/mol. The van der Waals surface area contributed by atoms with Crippen molar-refractivity contribution in [3.63, 3.8) is 0 Å². The molecular formula is C14H23NO3S. The van der Waals surface area contributed by atoms with Crippen LogP contribution in [-0.4, -0.2) is 40.1 Å². The summed E-state index contributed by atoms with van der Waals surface area (Å²) in [6.45, 7) is 5.93. The Labute approximate surface area is 116 Å². The number of hydrogen-bond acceptors (Lipinski definition) is 4. The maximum atomic E-state index is 10.9. The van der Waals surface area contributed by atoms with E-state index >= 15 is 0 Å². The number of hydrogen-bond donors (Lipinski definition) is 1. The lowest BCUT2D eigenvalue weighted by molar-refractivity contribution is 0.315. The summed E-state index contributed by atoms with van der Waals surface area (Å²) in [5, 5.41) is 3.05. The molecule has 0 unspecified atom stereocenters. The second kappa shape index (κ2) is 7.50. The predicted octanol–water partition coefficient (Wildman–Crippen LogP) is 1.82. The van der Waals surface area contributed by atoms with Gasteiger partial charge in [-0.05, 0) is 23.6 Å². The van der Waals surface area contributed by atoms with Crippen molar-refractivity contribution in [3.05, 3.63) is 29.8 Å². The molecule has 0 fully saturated rings. The van der Waals surface area contributed by atoms with Gasteiger partial charge in [0.2, 0.25) is 0 Å². The van der Waals surface area contributed by atoms with Crippen molar-refractivity contribution in [3.8, 4) is 5.75 Å². The van der Waals surface area contributed by atoms with Crippen molar-refractivity contribution in [1.29, 1.82) is 0 Å². The molecule has 0 saturated heterocycles. The molecule has 0 aromatic heterocycles. The second-order valence-electron chi connectivity index (χ2n) is 4.96. The predicted molar refractivity (Wildman–Crippen MR) is 78.6 cm³/mol. The van der Waals surface area contributed by atoms with Crippen LogP contribution in [0.1, 0.15) is 25.3 Å². The standard InChI is InChI=1S/C14H23NO3S/c1-12(2)13-5-4-6-14(11-13)18-9-7-15-8-10-19(3,16)17/h4-6,11-12,15H,7-10H2,1-3H3. The van der Waals surface area contributed by atoms with Crippen LogP contribution >= 0.6 is 0 Å². The van der Waals surface area contributed by atoms with E-state index in [-0.39, 0.29) is 5.75 Å². The third-order valence-corrected chi connectivity index (χ3v) is 3.67. The Morgan fingerprint density at radius 2 is 2.00 bits per heavy atom. The molecule has 4 nitrogen and oxygen atoms in total. The number of benzene rings is 1. The highest BCUT2D eigenvalue weighted by molar-refractivity contribution is 7.90. The van der Waals surface area contributed by atoms with Gasteiger partial charge in [-0.15, -0.1) is 0 Å². The van der Waals surface area contributed by atoms with Gasteiger partial charge in [0.25, 0.3) is 0 Å². The maximum absolute atomic E-state index is 10.9. The second-order valence-corrected chi connectivity index (χ2v) is 7.22. The summed E-state index contributed by atoms with van der Waals surface area (Å²) in [6, 6.07) is 8.05. The molecule has 0 radical (unpaired) electrons. The van der Waals surface area contributed by atoms with E-state index in [0.717, 1.165) is 5.75 Å². The minimum absolute atomic E-state index is 0.163. The molecule has 0 atom stereocenters. The van der Waals surface area contributed by atoms with Crippen LogP contribution in [0.25, 0.3) is 0 Å². The van der Waals surface area contributed by atoms with Crippen LogP contribution in [0.5, 0.6) is 5.75 Å².